The molecule has 1 aliphatic rings. The number of thioether (sulfide) groups is 1. The van der Waals surface area contributed by atoms with E-state index in [9.17, 15) is 0 Å². The number of pyridine rings is 1. The first-order valence-corrected chi connectivity index (χ1v) is 7.27. The molecule has 0 saturated heterocycles. The number of hydrogen-bond acceptors (Lipinski definition) is 3. The molecule has 0 atom stereocenters. The Kier molecular flexibility index (Phi) is 4.44. The Hall–Kier alpha value is -1.01. The molecule has 0 radical (unpaired) electrons. The molecule has 1 aromatic rings. The first-order chi connectivity index (χ1) is 8.33. The monoisotopic (exact) mass is 246 g/mol. The van der Waals surface area contributed by atoms with Crippen molar-refractivity contribution in [3.05, 3.63) is 23.5 Å². The van der Waals surface area contributed by atoms with E-state index in [4.69, 9.17) is 5.26 Å². The standard InChI is InChI=1S/C14H18N2S/c1-2-11-8-14(13(9-15)16-10-11)17-12-6-4-3-5-7-12/h8,10,12H,2-7H2,1H3. The summed E-state index contributed by atoms with van der Waals surface area (Å²) in [5, 5.41) is 9.77. The fourth-order valence-electron chi connectivity index (χ4n) is 2.21. The third-order valence-corrected chi connectivity index (χ3v) is 4.64. The van der Waals surface area contributed by atoms with Gasteiger partial charge in [0.05, 0.1) is 0 Å². The van der Waals surface area contributed by atoms with E-state index in [2.05, 4.69) is 24.0 Å². The fraction of sp³-hybridized carbons (Fsp3) is 0.571. The minimum atomic E-state index is 0.595. The molecule has 0 bridgehead atoms. The van der Waals surface area contributed by atoms with Crippen molar-refractivity contribution >= 4 is 11.8 Å². The van der Waals surface area contributed by atoms with Crippen molar-refractivity contribution < 1.29 is 0 Å². The van der Waals surface area contributed by atoms with E-state index in [-0.39, 0.29) is 0 Å². The number of aryl methyl sites for hydroxylation is 1. The molecule has 90 valence electrons. The van der Waals surface area contributed by atoms with Gasteiger partial charge in [0, 0.05) is 16.3 Å². The number of nitriles is 1. The average Bonchev–Trinajstić information content (AvgIpc) is 2.40. The third kappa shape index (κ3) is 3.23. The first kappa shape index (κ1) is 12.4. The Balaban J connectivity index is 2.14. The van der Waals surface area contributed by atoms with Crippen LogP contribution in [0.2, 0.25) is 0 Å². The molecular formula is C14H18N2S. The van der Waals surface area contributed by atoms with Crippen LogP contribution in [0.3, 0.4) is 0 Å². The van der Waals surface area contributed by atoms with Gasteiger partial charge < -0.3 is 0 Å². The summed E-state index contributed by atoms with van der Waals surface area (Å²) in [5.74, 6) is 0. The maximum absolute atomic E-state index is 9.09. The highest BCUT2D eigenvalue weighted by atomic mass is 32.2. The van der Waals surface area contributed by atoms with Gasteiger partial charge in [-0.2, -0.15) is 5.26 Å². The summed E-state index contributed by atoms with van der Waals surface area (Å²) in [5.41, 5.74) is 1.82. The number of aromatic nitrogens is 1. The molecule has 0 aromatic carbocycles. The summed E-state index contributed by atoms with van der Waals surface area (Å²) < 4.78 is 0. The molecule has 17 heavy (non-hydrogen) atoms. The Morgan fingerprint density at radius 3 is 2.82 bits per heavy atom. The zero-order valence-corrected chi connectivity index (χ0v) is 11.1. The lowest BCUT2D eigenvalue weighted by Gasteiger charge is -2.21. The summed E-state index contributed by atoms with van der Waals surface area (Å²) in [7, 11) is 0. The lowest BCUT2D eigenvalue weighted by atomic mass is 10.0. The van der Waals surface area contributed by atoms with Crippen LogP contribution in [0.4, 0.5) is 0 Å². The van der Waals surface area contributed by atoms with E-state index < -0.39 is 0 Å². The Morgan fingerprint density at radius 2 is 2.18 bits per heavy atom. The van der Waals surface area contributed by atoms with E-state index in [1.54, 1.807) is 0 Å². The van der Waals surface area contributed by atoms with Crippen LogP contribution < -0.4 is 0 Å². The Bertz CT molecular complexity index is 417. The van der Waals surface area contributed by atoms with Crippen LogP contribution in [0.1, 0.15) is 50.3 Å². The molecule has 2 rings (SSSR count). The van der Waals surface area contributed by atoms with Gasteiger partial charge in [-0.25, -0.2) is 4.98 Å². The van der Waals surface area contributed by atoms with Crippen LogP contribution in [0.15, 0.2) is 17.2 Å². The van der Waals surface area contributed by atoms with Crippen molar-refractivity contribution in [1.29, 1.82) is 5.26 Å². The largest absolute Gasteiger partial charge is 0.244 e. The minimum Gasteiger partial charge on any atom is -0.244 e. The molecule has 0 spiro atoms. The second kappa shape index (κ2) is 6.07. The molecule has 0 amide bonds. The lowest BCUT2D eigenvalue weighted by Crippen LogP contribution is -2.08. The van der Waals surface area contributed by atoms with Gasteiger partial charge >= 0.3 is 0 Å². The normalized spacial score (nSPS) is 16.7. The van der Waals surface area contributed by atoms with Crippen molar-refractivity contribution in [3.8, 4) is 6.07 Å². The maximum Gasteiger partial charge on any atom is 0.154 e. The molecule has 0 N–H and O–H groups in total. The number of hydrogen-bond donors (Lipinski definition) is 0. The number of nitrogens with zero attached hydrogens (tertiary/aromatic N) is 2. The van der Waals surface area contributed by atoms with Crippen molar-refractivity contribution in [1.82, 2.24) is 4.98 Å². The maximum atomic E-state index is 9.09. The van der Waals surface area contributed by atoms with E-state index in [0.29, 0.717) is 10.9 Å². The zero-order valence-electron chi connectivity index (χ0n) is 10.3. The summed E-state index contributed by atoms with van der Waals surface area (Å²) >= 11 is 1.86. The van der Waals surface area contributed by atoms with Gasteiger partial charge in [0.15, 0.2) is 5.69 Å². The molecule has 1 fully saturated rings. The van der Waals surface area contributed by atoms with Crippen LogP contribution in [-0.4, -0.2) is 10.2 Å². The Labute approximate surface area is 107 Å². The molecule has 0 aliphatic heterocycles. The summed E-state index contributed by atoms with van der Waals surface area (Å²) in [6.45, 7) is 2.12. The highest BCUT2D eigenvalue weighted by Crippen LogP contribution is 2.35. The van der Waals surface area contributed by atoms with Gasteiger partial charge in [0.1, 0.15) is 6.07 Å². The van der Waals surface area contributed by atoms with E-state index in [0.717, 1.165) is 11.3 Å². The molecule has 1 saturated carbocycles. The van der Waals surface area contributed by atoms with Crippen LogP contribution in [0.25, 0.3) is 0 Å². The van der Waals surface area contributed by atoms with E-state index in [1.165, 1.54) is 37.7 Å². The summed E-state index contributed by atoms with van der Waals surface area (Å²) in [6.07, 6.45) is 9.41. The molecule has 1 aromatic heterocycles. The topological polar surface area (TPSA) is 36.7 Å². The first-order valence-electron chi connectivity index (χ1n) is 6.39. The molecule has 1 aliphatic carbocycles. The van der Waals surface area contributed by atoms with Gasteiger partial charge in [-0.3, -0.25) is 0 Å². The van der Waals surface area contributed by atoms with E-state index in [1.807, 2.05) is 18.0 Å². The van der Waals surface area contributed by atoms with Gasteiger partial charge in [-0.05, 0) is 30.9 Å². The van der Waals surface area contributed by atoms with Crippen molar-refractivity contribution in [2.45, 2.75) is 55.6 Å². The van der Waals surface area contributed by atoms with Crippen LogP contribution in [-0.2, 0) is 6.42 Å². The van der Waals surface area contributed by atoms with Crippen LogP contribution >= 0.6 is 11.8 Å². The van der Waals surface area contributed by atoms with Crippen molar-refractivity contribution in [2.75, 3.05) is 0 Å². The average molecular weight is 246 g/mol. The zero-order chi connectivity index (χ0) is 12.1. The van der Waals surface area contributed by atoms with Gasteiger partial charge in [-0.1, -0.05) is 26.2 Å². The molecular weight excluding hydrogens is 228 g/mol. The SMILES string of the molecule is CCc1cnc(C#N)c(SC2CCCCC2)c1. The smallest absolute Gasteiger partial charge is 0.154 e. The summed E-state index contributed by atoms with van der Waals surface area (Å²) in [4.78, 5) is 5.33. The number of rotatable bonds is 3. The predicted molar refractivity (Wildman–Crippen MR) is 71.1 cm³/mol. The quantitative estimate of drug-likeness (QED) is 0.810. The van der Waals surface area contributed by atoms with Crippen molar-refractivity contribution in [3.63, 3.8) is 0 Å². The lowest BCUT2D eigenvalue weighted by molar-refractivity contribution is 0.516. The molecule has 3 heteroatoms. The second-order valence-electron chi connectivity index (χ2n) is 4.53. The Morgan fingerprint density at radius 1 is 1.41 bits per heavy atom. The molecule has 1 heterocycles. The second-order valence-corrected chi connectivity index (χ2v) is 5.88. The van der Waals surface area contributed by atoms with Gasteiger partial charge in [-0.15, -0.1) is 11.8 Å². The van der Waals surface area contributed by atoms with E-state index >= 15 is 0 Å². The van der Waals surface area contributed by atoms with Crippen molar-refractivity contribution in [2.24, 2.45) is 0 Å². The fourth-order valence-corrected chi connectivity index (χ4v) is 3.57. The molecule has 2 nitrogen and oxygen atoms in total. The van der Waals surface area contributed by atoms with Crippen LogP contribution in [0.5, 0.6) is 0 Å². The van der Waals surface area contributed by atoms with Gasteiger partial charge in [0.2, 0.25) is 0 Å². The predicted octanol–water partition coefficient (Wildman–Crippen LogP) is 3.94. The highest BCUT2D eigenvalue weighted by Gasteiger charge is 2.17. The summed E-state index contributed by atoms with van der Waals surface area (Å²) in [6, 6.07) is 4.35. The molecule has 0 unspecified atom stereocenters. The minimum absolute atomic E-state index is 0.595. The van der Waals surface area contributed by atoms with Gasteiger partial charge in [0.25, 0.3) is 0 Å². The highest BCUT2D eigenvalue weighted by molar-refractivity contribution is 8.00. The van der Waals surface area contributed by atoms with Crippen LogP contribution in [0, 0.1) is 11.3 Å². The third-order valence-electron chi connectivity index (χ3n) is 3.27.